The molecule has 0 aliphatic rings. The molecule has 10 heteroatoms. The molecule has 1 amide bonds. The van der Waals surface area contributed by atoms with E-state index in [0.29, 0.717) is 23.2 Å². The number of thioether (sulfide) groups is 1. The molecular weight excluding hydrogens is 446 g/mol. The smallest absolute Gasteiger partial charge is 0.234 e. The van der Waals surface area contributed by atoms with Crippen LogP contribution in [0.1, 0.15) is 17.8 Å². The molecule has 3 rings (SSSR count). The molecule has 1 aromatic heterocycles. The molecule has 0 aliphatic carbocycles. The Balaban J connectivity index is 1.45. The Morgan fingerprint density at radius 3 is 2.77 bits per heavy atom. The maximum absolute atomic E-state index is 13.6. The number of carbonyl (C=O) groups excluding carboxylic acids is 1. The zero-order valence-electron chi connectivity index (χ0n) is 17.0. The summed E-state index contributed by atoms with van der Waals surface area (Å²) in [6.45, 7) is 2.46. The first kappa shape index (κ1) is 23.0. The number of nitrogens with zero attached hydrogens (tertiary/aromatic N) is 3. The van der Waals surface area contributed by atoms with Crippen LogP contribution in [0.3, 0.4) is 0 Å². The van der Waals surface area contributed by atoms with E-state index in [-0.39, 0.29) is 11.4 Å². The highest BCUT2D eigenvalue weighted by Gasteiger charge is 2.13. The third-order valence-corrected chi connectivity index (χ3v) is 5.66. The van der Waals surface area contributed by atoms with E-state index in [9.17, 15) is 13.6 Å². The molecule has 6 nitrogen and oxygen atoms in total. The molecule has 0 atom stereocenters. The van der Waals surface area contributed by atoms with E-state index in [1.165, 1.54) is 17.8 Å². The molecule has 0 radical (unpaired) electrons. The number of nitrogens with one attached hydrogen (secondary N) is 1. The summed E-state index contributed by atoms with van der Waals surface area (Å²) in [6.07, 6.45) is 1.40. The molecule has 0 saturated heterocycles. The average Bonchev–Trinajstić information content (AvgIpc) is 3.07. The van der Waals surface area contributed by atoms with Crippen LogP contribution in [0.25, 0.3) is 0 Å². The van der Waals surface area contributed by atoms with Crippen LogP contribution in [0.15, 0.2) is 41.6 Å². The van der Waals surface area contributed by atoms with E-state index >= 15 is 0 Å². The summed E-state index contributed by atoms with van der Waals surface area (Å²) in [6, 6.07) is 8.47. The monoisotopic (exact) mass is 466 g/mol. The third-order valence-electron chi connectivity index (χ3n) is 4.40. The minimum atomic E-state index is -0.824. The topological polar surface area (TPSA) is 69.0 Å². The maximum atomic E-state index is 13.6. The molecule has 164 valence electrons. The lowest BCUT2D eigenvalue weighted by Crippen LogP contribution is -2.15. The molecule has 0 saturated carbocycles. The summed E-state index contributed by atoms with van der Waals surface area (Å²) < 4.78 is 34.2. The number of halogens is 3. The standard InChI is InChI=1S/C21H21ClF2N4O2S/c1-13-10-14(22)5-8-18(13)30-9-3-4-19-26-27-21(28(19)2)31-12-20(29)25-17-7-6-15(23)11-16(17)24/h5-8,10-11H,3-4,9,12H2,1-2H3,(H,25,29). The lowest BCUT2D eigenvalue weighted by Gasteiger charge is -2.09. The first-order chi connectivity index (χ1) is 14.8. The summed E-state index contributed by atoms with van der Waals surface area (Å²) in [5.41, 5.74) is 0.908. The largest absolute Gasteiger partial charge is 0.493 e. The lowest BCUT2D eigenvalue weighted by atomic mass is 10.2. The van der Waals surface area contributed by atoms with Crippen LogP contribution in [0, 0.1) is 18.6 Å². The molecule has 2 aromatic carbocycles. The van der Waals surface area contributed by atoms with Gasteiger partial charge in [-0.05, 0) is 49.2 Å². The van der Waals surface area contributed by atoms with E-state index in [4.69, 9.17) is 16.3 Å². The average molecular weight is 467 g/mol. The van der Waals surface area contributed by atoms with Crippen molar-refractivity contribution in [2.75, 3.05) is 17.7 Å². The van der Waals surface area contributed by atoms with Gasteiger partial charge in [-0.2, -0.15) is 0 Å². The summed E-state index contributed by atoms with van der Waals surface area (Å²) in [4.78, 5) is 12.1. The van der Waals surface area contributed by atoms with Gasteiger partial charge in [0.15, 0.2) is 5.16 Å². The van der Waals surface area contributed by atoms with Gasteiger partial charge in [-0.15, -0.1) is 10.2 Å². The molecule has 3 aromatic rings. The molecule has 1 heterocycles. The highest BCUT2D eigenvalue weighted by atomic mass is 35.5. The highest BCUT2D eigenvalue weighted by Crippen LogP contribution is 2.22. The van der Waals surface area contributed by atoms with E-state index < -0.39 is 17.5 Å². The number of aromatic nitrogens is 3. The number of anilines is 1. The quantitative estimate of drug-likeness (QED) is 0.362. The Morgan fingerprint density at radius 2 is 2.03 bits per heavy atom. The van der Waals surface area contributed by atoms with Gasteiger partial charge in [0.1, 0.15) is 23.2 Å². The second-order valence-electron chi connectivity index (χ2n) is 6.78. The minimum absolute atomic E-state index is 0.0156. The summed E-state index contributed by atoms with van der Waals surface area (Å²) >= 11 is 7.13. The number of carbonyl (C=O) groups is 1. The lowest BCUT2D eigenvalue weighted by molar-refractivity contribution is -0.113. The van der Waals surface area contributed by atoms with Gasteiger partial charge in [-0.3, -0.25) is 4.79 Å². The van der Waals surface area contributed by atoms with E-state index in [0.717, 1.165) is 35.7 Å². The van der Waals surface area contributed by atoms with Gasteiger partial charge in [0.25, 0.3) is 0 Å². The van der Waals surface area contributed by atoms with Crippen molar-refractivity contribution in [3.05, 3.63) is 64.4 Å². The van der Waals surface area contributed by atoms with Gasteiger partial charge in [0, 0.05) is 24.6 Å². The number of amides is 1. The Kier molecular flexibility index (Phi) is 7.86. The Hall–Kier alpha value is -2.65. The van der Waals surface area contributed by atoms with Crippen LogP contribution >= 0.6 is 23.4 Å². The van der Waals surface area contributed by atoms with Crippen LogP contribution in [-0.2, 0) is 18.3 Å². The second-order valence-corrected chi connectivity index (χ2v) is 8.16. The SMILES string of the molecule is Cc1cc(Cl)ccc1OCCCc1nnc(SCC(=O)Nc2ccc(F)cc2F)n1C. The van der Waals surface area contributed by atoms with Crippen molar-refractivity contribution < 1.29 is 18.3 Å². The van der Waals surface area contributed by atoms with Gasteiger partial charge < -0.3 is 14.6 Å². The van der Waals surface area contributed by atoms with E-state index in [1.807, 2.05) is 30.7 Å². The zero-order valence-corrected chi connectivity index (χ0v) is 18.6. The summed E-state index contributed by atoms with van der Waals surface area (Å²) in [5.74, 6) is -0.375. The first-order valence-electron chi connectivity index (χ1n) is 9.48. The van der Waals surface area contributed by atoms with E-state index in [2.05, 4.69) is 15.5 Å². The van der Waals surface area contributed by atoms with Crippen molar-refractivity contribution in [3.63, 3.8) is 0 Å². The van der Waals surface area contributed by atoms with Crippen LogP contribution in [0.4, 0.5) is 14.5 Å². The third kappa shape index (κ3) is 6.41. The van der Waals surface area contributed by atoms with Crippen LogP contribution in [-0.4, -0.2) is 33.0 Å². The van der Waals surface area contributed by atoms with Crippen molar-refractivity contribution in [2.24, 2.45) is 7.05 Å². The van der Waals surface area contributed by atoms with Gasteiger partial charge in [-0.1, -0.05) is 23.4 Å². The molecule has 0 aliphatic heterocycles. The molecule has 0 fully saturated rings. The van der Waals surface area contributed by atoms with Crippen molar-refractivity contribution in [1.29, 1.82) is 0 Å². The number of ether oxygens (including phenoxy) is 1. The maximum Gasteiger partial charge on any atom is 0.234 e. The van der Waals surface area contributed by atoms with Crippen molar-refractivity contribution in [1.82, 2.24) is 14.8 Å². The van der Waals surface area contributed by atoms with Crippen molar-refractivity contribution in [2.45, 2.75) is 24.9 Å². The normalized spacial score (nSPS) is 10.9. The number of benzene rings is 2. The minimum Gasteiger partial charge on any atom is -0.493 e. The van der Waals surface area contributed by atoms with Gasteiger partial charge in [0.2, 0.25) is 5.91 Å². The number of hydrogen-bond donors (Lipinski definition) is 1. The predicted molar refractivity (Wildman–Crippen MR) is 117 cm³/mol. The first-order valence-corrected chi connectivity index (χ1v) is 10.8. The molecule has 0 unspecified atom stereocenters. The highest BCUT2D eigenvalue weighted by molar-refractivity contribution is 7.99. The second kappa shape index (κ2) is 10.6. The van der Waals surface area contributed by atoms with E-state index in [1.54, 1.807) is 6.07 Å². The molecule has 31 heavy (non-hydrogen) atoms. The van der Waals surface area contributed by atoms with Crippen molar-refractivity contribution in [3.8, 4) is 5.75 Å². The zero-order chi connectivity index (χ0) is 22.4. The summed E-state index contributed by atoms with van der Waals surface area (Å²) in [7, 11) is 1.82. The molecular formula is C21H21ClF2N4O2S. The number of rotatable bonds is 9. The fraction of sp³-hybridized carbons (Fsp3) is 0.286. The molecule has 1 N–H and O–H groups in total. The number of aryl methyl sites for hydroxylation is 2. The van der Waals surface area contributed by atoms with Crippen LogP contribution in [0.2, 0.25) is 5.02 Å². The van der Waals surface area contributed by atoms with Gasteiger partial charge >= 0.3 is 0 Å². The fourth-order valence-corrected chi connectivity index (χ4v) is 3.74. The fourth-order valence-electron chi connectivity index (χ4n) is 2.78. The Morgan fingerprint density at radius 1 is 1.23 bits per heavy atom. The van der Waals surface area contributed by atoms with Crippen LogP contribution in [0.5, 0.6) is 5.75 Å². The van der Waals surface area contributed by atoms with Gasteiger partial charge in [-0.25, -0.2) is 8.78 Å². The van der Waals surface area contributed by atoms with Gasteiger partial charge in [0.05, 0.1) is 18.0 Å². The van der Waals surface area contributed by atoms with Crippen molar-refractivity contribution >= 4 is 35.0 Å². The molecule has 0 spiro atoms. The Labute approximate surface area is 188 Å². The van der Waals surface area contributed by atoms with Crippen LogP contribution < -0.4 is 10.1 Å². The summed E-state index contributed by atoms with van der Waals surface area (Å²) in [5, 5.41) is 11.9. The Bertz CT molecular complexity index is 1080. The predicted octanol–water partition coefficient (Wildman–Crippen LogP) is 4.80. The molecule has 0 bridgehead atoms. The number of hydrogen-bond acceptors (Lipinski definition) is 5.